The van der Waals surface area contributed by atoms with Crippen LogP contribution in [-0.2, 0) is 4.74 Å². The van der Waals surface area contributed by atoms with Crippen molar-refractivity contribution in [2.24, 2.45) is 0 Å². The summed E-state index contributed by atoms with van der Waals surface area (Å²) in [5.74, 6) is 1.08. The van der Waals surface area contributed by atoms with Gasteiger partial charge in [-0.15, -0.1) is 0 Å². The van der Waals surface area contributed by atoms with Gasteiger partial charge < -0.3 is 29.9 Å². The summed E-state index contributed by atoms with van der Waals surface area (Å²) in [5, 5.41) is 13.8. The van der Waals surface area contributed by atoms with E-state index in [1.807, 2.05) is 65.4 Å². The SMILES string of the molecule is CN(c1cccc(Cl)c1)c1ccnc(Nc2cc(C(=O)N3CCC(O)CC3)cc(N3CCOCC3)c2)n1. The second-order valence-corrected chi connectivity index (χ2v) is 9.73. The molecule has 1 aromatic heterocycles. The van der Waals surface area contributed by atoms with E-state index in [0.29, 0.717) is 61.5 Å². The molecule has 2 fully saturated rings. The number of carbonyl (C=O) groups excluding carboxylic acids is 1. The van der Waals surface area contributed by atoms with Gasteiger partial charge in [0.1, 0.15) is 5.82 Å². The van der Waals surface area contributed by atoms with Gasteiger partial charge in [-0.05, 0) is 55.3 Å². The van der Waals surface area contributed by atoms with E-state index in [4.69, 9.17) is 21.3 Å². The summed E-state index contributed by atoms with van der Waals surface area (Å²) in [4.78, 5) is 28.5. The predicted molar refractivity (Wildman–Crippen MR) is 145 cm³/mol. The standard InChI is InChI=1S/C27H31ClN6O3/c1-32(22-4-2-3-20(28)17-22)25-5-8-29-27(31-25)30-21-15-19(26(36)34-9-6-24(35)7-10-34)16-23(18-21)33-11-13-37-14-12-33/h2-5,8,15-18,24,35H,6-7,9-14H2,1H3,(H,29,30,31). The van der Waals surface area contributed by atoms with E-state index in [2.05, 4.69) is 15.2 Å². The molecule has 0 saturated carbocycles. The fraction of sp³-hybridized carbons (Fsp3) is 0.370. The summed E-state index contributed by atoms with van der Waals surface area (Å²) in [6, 6.07) is 15.2. The molecule has 3 aromatic rings. The number of morpholine rings is 1. The van der Waals surface area contributed by atoms with E-state index in [0.717, 1.165) is 30.2 Å². The number of halogens is 1. The highest BCUT2D eigenvalue weighted by molar-refractivity contribution is 6.30. The maximum absolute atomic E-state index is 13.4. The Morgan fingerprint density at radius 1 is 1.11 bits per heavy atom. The van der Waals surface area contributed by atoms with Gasteiger partial charge in [0.2, 0.25) is 5.95 Å². The molecule has 10 heteroatoms. The average molecular weight is 523 g/mol. The van der Waals surface area contributed by atoms with Crippen LogP contribution in [0.3, 0.4) is 0 Å². The molecule has 2 N–H and O–H groups in total. The molecule has 0 radical (unpaired) electrons. The Hall–Kier alpha value is -3.40. The van der Waals surface area contributed by atoms with Crippen molar-refractivity contribution in [2.45, 2.75) is 18.9 Å². The van der Waals surface area contributed by atoms with Crippen LogP contribution in [0.4, 0.5) is 28.8 Å². The molecular weight excluding hydrogens is 492 g/mol. The maximum atomic E-state index is 13.4. The second-order valence-electron chi connectivity index (χ2n) is 9.29. The second kappa shape index (κ2) is 11.3. The average Bonchev–Trinajstić information content (AvgIpc) is 2.93. The van der Waals surface area contributed by atoms with Crippen molar-refractivity contribution >= 4 is 46.3 Å². The molecule has 2 aliphatic rings. The minimum absolute atomic E-state index is 0.0413. The fourth-order valence-electron chi connectivity index (χ4n) is 4.60. The molecule has 5 rings (SSSR count). The Bertz CT molecular complexity index is 1240. The van der Waals surface area contributed by atoms with E-state index in [1.54, 1.807) is 6.20 Å². The number of nitrogens with zero attached hydrogens (tertiary/aromatic N) is 5. The zero-order valence-corrected chi connectivity index (χ0v) is 21.6. The number of aromatic nitrogens is 2. The van der Waals surface area contributed by atoms with Crippen LogP contribution in [0.1, 0.15) is 23.2 Å². The number of hydrogen-bond acceptors (Lipinski definition) is 8. The smallest absolute Gasteiger partial charge is 0.254 e. The van der Waals surface area contributed by atoms with Gasteiger partial charge in [0.05, 0.1) is 19.3 Å². The van der Waals surface area contributed by atoms with Crippen molar-refractivity contribution in [3.05, 3.63) is 65.3 Å². The highest BCUT2D eigenvalue weighted by Gasteiger charge is 2.24. The lowest BCUT2D eigenvalue weighted by atomic mass is 10.1. The number of aliphatic hydroxyl groups is 1. The number of carbonyl (C=O) groups is 1. The van der Waals surface area contributed by atoms with Crippen molar-refractivity contribution in [1.29, 1.82) is 0 Å². The van der Waals surface area contributed by atoms with Gasteiger partial charge in [0.15, 0.2) is 0 Å². The van der Waals surface area contributed by atoms with Crippen LogP contribution >= 0.6 is 11.6 Å². The predicted octanol–water partition coefficient (Wildman–Crippen LogP) is 4.08. The van der Waals surface area contributed by atoms with Crippen LogP contribution in [0.2, 0.25) is 5.02 Å². The first-order chi connectivity index (χ1) is 18.0. The van der Waals surface area contributed by atoms with Crippen LogP contribution in [0.15, 0.2) is 54.7 Å². The molecule has 1 amide bonds. The summed E-state index contributed by atoms with van der Waals surface area (Å²) < 4.78 is 5.52. The van der Waals surface area contributed by atoms with Crippen LogP contribution in [-0.4, -0.2) is 78.4 Å². The number of hydrogen-bond donors (Lipinski definition) is 2. The van der Waals surface area contributed by atoms with Crippen LogP contribution < -0.4 is 15.1 Å². The quantitative estimate of drug-likeness (QED) is 0.500. The summed E-state index contributed by atoms with van der Waals surface area (Å²) in [6.07, 6.45) is 2.56. The first-order valence-corrected chi connectivity index (χ1v) is 12.9. The minimum atomic E-state index is -0.338. The number of ether oxygens (including phenoxy) is 1. The third kappa shape index (κ3) is 6.12. The number of amides is 1. The maximum Gasteiger partial charge on any atom is 0.254 e. The molecule has 2 saturated heterocycles. The van der Waals surface area contributed by atoms with Gasteiger partial charge >= 0.3 is 0 Å². The van der Waals surface area contributed by atoms with Gasteiger partial charge in [0.25, 0.3) is 5.91 Å². The van der Waals surface area contributed by atoms with E-state index < -0.39 is 0 Å². The molecule has 37 heavy (non-hydrogen) atoms. The van der Waals surface area contributed by atoms with Crippen LogP contribution in [0.25, 0.3) is 0 Å². The lowest BCUT2D eigenvalue weighted by molar-refractivity contribution is 0.0546. The summed E-state index contributed by atoms with van der Waals surface area (Å²) in [7, 11) is 1.92. The monoisotopic (exact) mass is 522 g/mol. The Morgan fingerprint density at radius 3 is 2.65 bits per heavy atom. The zero-order chi connectivity index (χ0) is 25.8. The van der Waals surface area contributed by atoms with Crippen LogP contribution in [0, 0.1) is 0 Å². The largest absolute Gasteiger partial charge is 0.393 e. The first kappa shape index (κ1) is 25.3. The molecule has 0 aliphatic carbocycles. The molecule has 194 valence electrons. The van der Waals surface area contributed by atoms with Crippen molar-refractivity contribution in [3.63, 3.8) is 0 Å². The summed E-state index contributed by atoms with van der Waals surface area (Å²) in [5.41, 5.74) is 3.17. The molecule has 9 nitrogen and oxygen atoms in total. The highest BCUT2D eigenvalue weighted by atomic mass is 35.5. The third-order valence-electron chi connectivity index (χ3n) is 6.73. The number of piperidine rings is 1. The lowest BCUT2D eigenvalue weighted by Crippen LogP contribution is -2.40. The Kier molecular flexibility index (Phi) is 7.73. The Balaban J connectivity index is 1.42. The summed E-state index contributed by atoms with van der Waals surface area (Å²) >= 11 is 6.17. The molecule has 0 spiro atoms. The highest BCUT2D eigenvalue weighted by Crippen LogP contribution is 2.29. The van der Waals surface area contributed by atoms with E-state index in [9.17, 15) is 9.90 Å². The number of benzene rings is 2. The zero-order valence-electron chi connectivity index (χ0n) is 20.8. The normalized spacial score (nSPS) is 16.5. The summed E-state index contributed by atoms with van der Waals surface area (Å²) in [6.45, 7) is 3.89. The van der Waals surface area contributed by atoms with E-state index in [-0.39, 0.29) is 12.0 Å². The lowest BCUT2D eigenvalue weighted by Gasteiger charge is -2.31. The molecule has 0 bridgehead atoms. The van der Waals surface area contributed by atoms with Crippen LogP contribution in [0.5, 0.6) is 0 Å². The minimum Gasteiger partial charge on any atom is -0.393 e. The number of anilines is 5. The van der Waals surface area contributed by atoms with Gasteiger partial charge in [-0.1, -0.05) is 17.7 Å². The number of aliphatic hydroxyl groups excluding tert-OH is 1. The van der Waals surface area contributed by atoms with Gasteiger partial charge in [-0.2, -0.15) is 4.98 Å². The number of likely N-dealkylation sites (tertiary alicyclic amines) is 1. The molecule has 2 aromatic carbocycles. The van der Waals surface area contributed by atoms with E-state index >= 15 is 0 Å². The Labute approximate surface area is 221 Å². The van der Waals surface area contributed by atoms with Crippen molar-refractivity contribution < 1.29 is 14.6 Å². The number of nitrogens with one attached hydrogen (secondary N) is 1. The third-order valence-corrected chi connectivity index (χ3v) is 6.96. The molecule has 0 atom stereocenters. The van der Waals surface area contributed by atoms with E-state index in [1.165, 1.54) is 0 Å². The molecule has 0 unspecified atom stereocenters. The topological polar surface area (TPSA) is 94.1 Å². The van der Waals surface area contributed by atoms with Crippen molar-refractivity contribution in [3.8, 4) is 0 Å². The van der Waals surface area contributed by atoms with Gasteiger partial charge in [0, 0.05) is 67.1 Å². The molecular formula is C27H31ClN6O3. The molecule has 2 aliphatic heterocycles. The fourth-order valence-corrected chi connectivity index (χ4v) is 4.79. The van der Waals surface area contributed by atoms with Gasteiger partial charge in [-0.3, -0.25) is 4.79 Å². The first-order valence-electron chi connectivity index (χ1n) is 12.5. The number of rotatable bonds is 6. The Morgan fingerprint density at radius 2 is 1.89 bits per heavy atom. The van der Waals surface area contributed by atoms with Crippen molar-refractivity contribution in [1.82, 2.24) is 14.9 Å². The van der Waals surface area contributed by atoms with Gasteiger partial charge in [-0.25, -0.2) is 4.98 Å². The van der Waals surface area contributed by atoms with Crippen molar-refractivity contribution in [2.75, 3.05) is 61.6 Å². The molecule has 3 heterocycles.